The van der Waals surface area contributed by atoms with Crippen LogP contribution >= 0.6 is 11.8 Å². The molecule has 8 nitrogen and oxygen atoms in total. The summed E-state index contributed by atoms with van der Waals surface area (Å²) in [6.07, 6.45) is 5.70. The van der Waals surface area contributed by atoms with E-state index in [1.807, 2.05) is 24.3 Å². The minimum Gasteiger partial charge on any atom is -0.486 e. The van der Waals surface area contributed by atoms with Crippen LogP contribution in [0.15, 0.2) is 47.9 Å². The number of rotatable bonds is 6. The van der Waals surface area contributed by atoms with Crippen LogP contribution in [-0.2, 0) is 4.79 Å². The molecule has 1 saturated carbocycles. The van der Waals surface area contributed by atoms with Crippen molar-refractivity contribution in [2.75, 3.05) is 24.3 Å². The molecule has 3 aromatic rings. The number of thioether (sulfide) groups is 1. The number of carbonyl (C=O) groups is 1. The second-order valence-corrected chi connectivity index (χ2v) is 7.78. The molecule has 1 N–H and O–H groups in total. The van der Waals surface area contributed by atoms with Gasteiger partial charge in [-0.2, -0.15) is 0 Å². The Bertz CT molecular complexity index is 1040. The van der Waals surface area contributed by atoms with E-state index in [4.69, 9.17) is 9.47 Å². The van der Waals surface area contributed by atoms with E-state index in [1.54, 1.807) is 18.5 Å². The van der Waals surface area contributed by atoms with Crippen LogP contribution in [-0.4, -0.2) is 44.6 Å². The number of hydrogen-bond acceptors (Lipinski definition) is 7. The third kappa shape index (κ3) is 3.91. The van der Waals surface area contributed by atoms with Gasteiger partial charge in [-0.05, 0) is 37.1 Å². The molecular weight excluding hydrogens is 390 g/mol. The molecule has 0 radical (unpaired) electrons. The van der Waals surface area contributed by atoms with Gasteiger partial charge in [0.15, 0.2) is 22.5 Å². The lowest BCUT2D eigenvalue weighted by atomic mass is 10.2. The van der Waals surface area contributed by atoms with Crippen molar-refractivity contribution >= 4 is 23.4 Å². The van der Waals surface area contributed by atoms with E-state index in [0.29, 0.717) is 36.4 Å². The first kappa shape index (κ1) is 18.0. The van der Waals surface area contributed by atoms with Gasteiger partial charge in [0, 0.05) is 35.8 Å². The van der Waals surface area contributed by atoms with E-state index in [1.165, 1.54) is 11.8 Å². The predicted octanol–water partition coefficient (Wildman–Crippen LogP) is 3.18. The topological polar surface area (TPSA) is 91.2 Å². The molecule has 148 valence electrons. The number of fused-ring (bicyclic) bond motifs is 1. The molecule has 0 spiro atoms. The van der Waals surface area contributed by atoms with E-state index in [-0.39, 0.29) is 11.7 Å². The van der Waals surface area contributed by atoms with Crippen molar-refractivity contribution in [1.29, 1.82) is 0 Å². The zero-order valence-electron chi connectivity index (χ0n) is 15.6. The minimum absolute atomic E-state index is 0.109. The van der Waals surface area contributed by atoms with Gasteiger partial charge in [0.2, 0.25) is 5.91 Å². The van der Waals surface area contributed by atoms with Gasteiger partial charge >= 0.3 is 0 Å². The predicted molar refractivity (Wildman–Crippen MR) is 108 cm³/mol. The van der Waals surface area contributed by atoms with Crippen molar-refractivity contribution in [3.8, 4) is 22.9 Å². The van der Waals surface area contributed by atoms with Gasteiger partial charge in [-0.3, -0.25) is 14.3 Å². The number of aromatic nitrogens is 4. The molecule has 29 heavy (non-hydrogen) atoms. The molecule has 9 heteroatoms. The van der Waals surface area contributed by atoms with Gasteiger partial charge < -0.3 is 14.8 Å². The summed E-state index contributed by atoms with van der Waals surface area (Å²) in [4.78, 5) is 16.5. The van der Waals surface area contributed by atoms with Crippen molar-refractivity contribution < 1.29 is 14.3 Å². The van der Waals surface area contributed by atoms with Gasteiger partial charge in [-0.1, -0.05) is 11.8 Å². The van der Waals surface area contributed by atoms with Gasteiger partial charge in [0.1, 0.15) is 13.2 Å². The Balaban J connectivity index is 1.27. The fourth-order valence-corrected chi connectivity index (χ4v) is 3.99. The Hall–Kier alpha value is -3.07. The summed E-state index contributed by atoms with van der Waals surface area (Å²) in [7, 11) is 0. The summed E-state index contributed by atoms with van der Waals surface area (Å²) in [5.74, 6) is 2.31. The van der Waals surface area contributed by atoms with Crippen LogP contribution in [0.25, 0.3) is 11.4 Å². The fraction of sp³-hybridized carbons (Fsp3) is 0.300. The Morgan fingerprint density at radius 2 is 1.90 bits per heavy atom. The van der Waals surface area contributed by atoms with E-state index < -0.39 is 0 Å². The Kier molecular flexibility index (Phi) is 4.81. The maximum atomic E-state index is 12.5. The molecule has 0 saturated heterocycles. The highest BCUT2D eigenvalue weighted by Crippen LogP contribution is 2.41. The number of hydrogen-bond donors (Lipinski definition) is 1. The van der Waals surface area contributed by atoms with Crippen LogP contribution in [0, 0.1) is 0 Å². The highest BCUT2D eigenvalue weighted by Gasteiger charge is 2.30. The summed E-state index contributed by atoms with van der Waals surface area (Å²) in [5, 5.41) is 12.4. The third-order valence-corrected chi connectivity index (χ3v) is 5.62. The van der Waals surface area contributed by atoms with Gasteiger partial charge in [0.25, 0.3) is 0 Å². The van der Waals surface area contributed by atoms with Crippen LogP contribution in [0.3, 0.4) is 0 Å². The minimum atomic E-state index is -0.109. The maximum absolute atomic E-state index is 12.5. The van der Waals surface area contributed by atoms with Crippen LogP contribution < -0.4 is 14.8 Å². The molecule has 1 amide bonds. The Morgan fingerprint density at radius 3 is 2.69 bits per heavy atom. The summed E-state index contributed by atoms with van der Waals surface area (Å²) in [5.41, 5.74) is 1.66. The molecule has 1 aliphatic carbocycles. The highest BCUT2D eigenvalue weighted by molar-refractivity contribution is 7.99. The highest BCUT2D eigenvalue weighted by atomic mass is 32.2. The van der Waals surface area contributed by atoms with Crippen LogP contribution in [0.4, 0.5) is 5.69 Å². The number of ether oxygens (including phenoxy) is 2. The van der Waals surface area contributed by atoms with Crippen molar-refractivity contribution in [1.82, 2.24) is 19.7 Å². The molecule has 2 aromatic heterocycles. The quantitative estimate of drug-likeness (QED) is 0.625. The SMILES string of the molecule is O=C(CSc1nnc(-c2ccncc2)n1C1CC1)Nc1ccc2c(c1)OCCO2. The van der Waals surface area contributed by atoms with Crippen LogP contribution in [0.1, 0.15) is 18.9 Å². The Labute approximate surface area is 171 Å². The maximum Gasteiger partial charge on any atom is 0.234 e. The molecule has 0 unspecified atom stereocenters. The number of carbonyl (C=O) groups excluding carboxylic acids is 1. The van der Waals surface area contributed by atoms with Gasteiger partial charge in [-0.25, -0.2) is 0 Å². The van der Waals surface area contributed by atoms with E-state index in [2.05, 4.69) is 25.1 Å². The van der Waals surface area contributed by atoms with Crippen molar-refractivity contribution in [3.63, 3.8) is 0 Å². The first-order valence-electron chi connectivity index (χ1n) is 9.45. The molecule has 0 bridgehead atoms. The first-order valence-corrected chi connectivity index (χ1v) is 10.4. The summed E-state index contributed by atoms with van der Waals surface area (Å²) in [6, 6.07) is 9.65. The smallest absolute Gasteiger partial charge is 0.234 e. The van der Waals surface area contributed by atoms with Crippen molar-refractivity contribution in [3.05, 3.63) is 42.7 Å². The number of nitrogens with one attached hydrogen (secondary N) is 1. The number of pyridine rings is 1. The lowest BCUT2D eigenvalue weighted by molar-refractivity contribution is -0.113. The molecule has 1 fully saturated rings. The molecule has 0 atom stereocenters. The number of amides is 1. The lowest BCUT2D eigenvalue weighted by Crippen LogP contribution is -2.17. The second kappa shape index (κ2) is 7.75. The van der Waals surface area contributed by atoms with Crippen molar-refractivity contribution in [2.45, 2.75) is 24.0 Å². The standard InChI is InChI=1S/C20H19N5O3S/c26-18(22-14-1-4-16-17(11-14)28-10-9-27-16)12-29-20-24-23-19(25(20)15-2-3-15)13-5-7-21-8-6-13/h1,4-8,11,15H,2-3,9-10,12H2,(H,22,26). The number of nitrogens with zero attached hydrogens (tertiary/aromatic N) is 4. The van der Waals surface area contributed by atoms with Gasteiger partial charge in [0.05, 0.1) is 5.75 Å². The normalized spacial score (nSPS) is 15.2. The molecular formula is C20H19N5O3S. The van der Waals surface area contributed by atoms with Crippen molar-refractivity contribution in [2.24, 2.45) is 0 Å². The number of benzene rings is 1. The molecule has 2 aliphatic rings. The zero-order chi connectivity index (χ0) is 19.6. The summed E-state index contributed by atoms with van der Waals surface area (Å²) >= 11 is 1.39. The van der Waals surface area contributed by atoms with E-state index in [9.17, 15) is 4.79 Å². The fourth-order valence-electron chi connectivity index (χ4n) is 3.18. The summed E-state index contributed by atoms with van der Waals surface area (Å²) < 4.78 is 13.2. The zero-order valence-corrected chi connectivity index (χ0v) is 16.4. The van der Waals surface area contributed by atoms with Crippen LogP contribution in [0.2, 0.25) is 0 Å². The first-order chi connectivity index (χ1) is 14.3. The molecule has 1 aromatic carbocycles. The van der Waals surface area contributed by atoms with Crippen LogP contribution in [0.5, 0.6) is 11.5 Å². The molecule has 3 heterocycles. The number of anilines is 1. The average molecular weight is 409 g/mol. The molecule has 5 rings (SSSR count). The average Bonchev–Trinajstić information content (AvgIpc) is 3.51. The lowest BCUT2D eigenvalue weighted by Gasteiger charge is -2.19. The third-order valence-electron chi connectivity index (χ3n) is 4.67. The van der Waals surface area contributed by atoms with Gasteiger partial charge in [-0.15, -0.1) is 10.2 Å². The second-order valence-electron chi connectivity index (χ2n) is 6.84. The Morgan fingerprint density at radius 1 is 1.10 bits per heavy atom. The summed E-state index contributed by atoms with van der Waals surface area (Å²) in [6.45, 7) is 1.05. The van der Waals surface area contributed by atoms with E-state index in [0.717, 1.165) is 29.4 Å². The largest absolute Gasteiger partial charge is 0.486 e. The van der Waals surface area contributed by atoms with E-state index >= 15 is 0 Å². The monoisotopic (exact) mass is 409 g/mol. The molecule has 1 aliphatic heterocycles.